The van der Waals surface area contributed by atoms with Gasteiger partial charge in [-0.1, -0.05) is 36.4 Å². The number of methoxy groups -OCH3 is 1. The van der Waals surface area contributed by atoms with E-state index in [1.807, 2.05) is 48.6 Å². The fraction of sp³-hybridized carbons (Fsp3) is 0.0667. The van der Waals surface area contributed by atoms with Gasteiger partial charge in [-0.3, -0.25) is 4.21 Å². The van der Waals surface area contributed by atoms with Gasteiger partial charge in [-0.2, -0.15) is 0 Å². The Balaban J connectivity index is 2.04. The van der Waals surface area contributed by atoms with Crippen LogP contribution in [-0.4, -0.2) is 15.9 Å². The zero-order chi connectivity index (χ0) is 14.4. The number of rotatable bonds is 5. The Hall–Kier alpha value is -2.11. The fourth-order valence-electron chi connectivity index (χ4n) is 1.67. The number of anilines is 1. The minimum atomic E-state index is -2.29. The van der Waals surface area contributed by atoms with Gasteiger partial charge < -0.3 is 14.0 Å². The van der Waals surface area contributed by atoms with Gasteiger partial charge in [0.2, 0.25) is 0 Å². The van der Waals surface area contributed by atoms with Gasteiger partial charge in [0.25, 0.3) is 0 Å². The van der Waals surface area contributed by atoms with Crippen molar-refractivity contribution in [2.45, 2.75) is 0 Å². The Morgan fingerprint density at radius 3 is 1.95 bits per heavy atom. The first-order valence-electron chi connectivity index (χ1n) is 5.95. The maximum absolute atomic E-state index is 10.5. The molecule has 2 rings (SSSR count). The fourth-order valence-corrected chi connectivity index (χ4v) is 1.99. The summed E-state index contributed by atoms with van der Waals surface area (Å²) in [6.45, 7) is 0. The summed E-state index contributed by atoms with van der Waals surface area (Å²) >= 11 is -2.29. The normalized spacial score (nSPS) is 12.3. The SMILES string of the molecule is COc1ccc(C=Cc2ccc(NS(=O)[O-])cc2)cc1. The zero-order valence-electron chi connectivity index (χ0n) is 10.9. The maximum atomic E-state index is 10.5. The molecule has 0 bridgehead atoms. The summed E-state index contributed by atoms with van der Waals surface area (Å²) in [5.41, 5.74) is 2.59. The molecule has 2 aromatic rings. The molecule has 1 unspecified atom stereocenters. The van der Waals surface area contributed by atoms with Crippen LogP contribution in [0.3, 0.4) is 0 Å². The van der Waals surface area contributed by atoms with E-state index in [2.05, 4.69) is 4.72 Å². The van der Waals surface area contributed by atoms with Gasteiger partial charge in [0.05, 0.1) is 7.11 Å². The van der Waals surface area contributed by atoms with Gasteiger partial charge in [0.15, 0.2) is 0 Å². The zero-order valence-corrected chi connectivity index (χ0v) is 11.7. The largest absolute Gasteiger partial charge is 0.755 e. The maximum Gasteiger partial charge on any atom is 0.118 e. The van der Waals surface area contributed by atoms with Crippen molar-refractivity contribution < 1.29 is 13.5 Å². The molecule has 0 saturated heterocycles. The molecule has 20 heavy (non-hydrogen) atoms. The van der Waals surface area contributed by atoms with Crippen molar-refractivity contribution in [2.75, 3.05) is 11.8 Å². The lowest BCUT2D eigenvalue weighted by molar-refractivity contribution is 0.415. The summed E-state index contributed by atoms with van der Waals surface area (Å²) in [5.74, 6) is 0.822. The third-order valence-corrected chi connectivity index (χ3v) is 3.10. The van der Waals surface area contributed by atoms with Crippen molar-refractivity contribution in [1.29, 1.82) is 0 Å². The van der Waals surface area contributed by atoms with Crippen LogP contribution in [-0.2, 0) is 11.3 Å². The topological polar surface area (TPSA) is 61.4 Å². The second kappa shape index (κ2) is 6.88. The van der Waals surface area contributed by atoms with Crippen molar-refractivity contribution in [3.05, 3.63) is 59.7 Å². The number of hydrogen-bond acceptors (Lipinski definition) is 3. The molecule has 0 radical (unpaired) electrons. The first-order chi connectivity index (χ1) is 9.67. The van der Waals surface area contributed by atoms with Crippen molar-refractivity contribution in [1.82, 2.24) is 0 Å². The molecule has 2 aromatic carbocycles. The molecular formula is C15H14NO3S-. The van der Waals surface area contributed by atoms with Crippen molar-refractivity contribution >= 4 is 29.1 Å². The van der Waals surface area contributed by atoms with Gasteiger partial charge in [-0.15, -0.1) is 0 Å². The van der Waals surface area contributed by atoms with Crippen molar-refractivity contribution in [2.24, 2.45) is 0 Å². The van der Waals surface area contributed by atoms with Gasteiger partial charge in [-0.25, -0.2) is 0 Å². The molecule has 1 N–H and O–H groups in total. The van der Waals surface area contributed by atoms with E-state index < -0.39 is 11.3 Å². The van der Waals surface area contributed by atoms with Gasteiger partial charge in [-0.05, 0) is 35.4 Å². The van der Waals surface area contributed by atoms with E-state index in [1.54, 1.807) is 19.2 Å². The van der Waals surface area contributed by atoms with Crippen molar-refractivity contribution in [3.63, 3.8) is 0 Å². The summed E-state index contributed by atoms with van der Waals surface area (Å²) in [5, 5.41) is 0. The van der Waals surface area contributed by atoms with E-state index >= 15 is 0 Å². The van der Waals surface area contributed by atoms with Crippen LogP contribution in [0.1, 0.15) is 11.1 Å². The monoisotopic (exact) mass is 288 g/mol. The molecule has 0 amide bonds. The lowest BCUT2D eigenvalue weighted by Gasteiger charge is -2.08. The molecule has 0 spiro atoms. The third kappa shape index (κ3) is 4.22. The highest BCUT2D eigenvalue weighted by atomic mass is 32.2. The first kappa shape index (κ1) is 14.3. The highest BCUT2D eigenvalue weighted by Crippen LogP contribution is 2.15. The molecule has 104 valence electrons. The van der Waals surface area contributed by atoms with E-state index in [-0.39, 0.29) is 0 Å². The van der Waals surface area contributed by atoms with Crippen LogP contribution in [0.15, 0.2) is 48.5 Å². The van der Waals surface area contributed by atoms with Gasteiger partial charge in [0.1, 0.15) is 5.75 Å². The second-order valence-electron chi connectivity index (χ2n) is 4.07. The molecule has 0 aliphatic rings. The van der Waals surface area contributed by atoms with E-state index in [0.717, 1.165) is 16.9 Å². The molecule has 0 heterocycles. The standard InChI is InChI=1S/C15H15NO3S/c1-19-15-10-6-13(7-11-15)3-2-12-4-8-14(9-5-12)16-20(17)18/h2-11,16H,1H3,(H,17,18)/p-1. The van der Waals surface area contributed by atoms with Gasteiger partial charge in [0, 0.05) is 17.0 Å². The molecule has 1 atom stereocenters. The summed E-state index contributed by atoms with van der Waals surface area (Å²) in [4.78, 5) is 0. The third-order valence-electron chi connectivity index (χ3n) is 2.70. The molecule has 4 nitrogen and oxygen atoms in total. The minimum Gasteiger partial charge on any atom is -0.755 e. The Kier molecular flexibility index (Phi) is 4.92. The summed E-state index contributed by atoms with van der Waals surface area (Å²) in [7, 11) is 1.63. The summed E-state index contributed by atoms with van der Waals surface area (Å²) < 4.78 is 28.4. The van der Waals surface area contributed by atoms with Crippen LogP contribution in [0.5, 0.6) is 5.75 Å². The summed E-state index contributed by atoms with van der Waals surface area (Å²) in [6.07, 6.45) is 3.94. The van der Waals surface area contributed by atoms with Crippen LogP contribution in [0, 0.1) is 0 Å². The van der Waals surface area contributed by atoms with E-state index in [4.69, 9.17) is 4.74 Å². The molecule has 5 heteroatoms. The molecule has 0 aliphatic heterocycles. The lowest BCUT2D eigenvalue weighted by atomic mass is 10.1. The molecule has 0 fully saturated rings. The number of benzene rings is 2. The Labute approximate surface area is 120 Å². The molecular weight excluding hydrogens is 274 g/mol. The average Bonchev–Trinajstić information content (AvgIpc) is 2.46. The van der Waals surface area contributed by atoms with Gasteiger partial charge >= 0.3 is 0 Å². The first-order valence-corrected chi connectivity index (χ1v) is 7.03. The highest BCUT2D eigenvalue weighted by molar-refractivity contribution is 7.80. The van der Waals surface area contributed by atoms with Crippen LogP contribution in [0.4, 0.5) is 5.69 Å². The smallest absolute Gasteiger partial charge is 0.118 e. The quantitative estimate of drug-likeness (QED) is 0.679. The van der Waals surface area contributed by atoms with Crippen LogP contribution in [0.25, 0.3) is 12.2 Å². The van der Waals surface area contributed by atoms with E-state index in [0.29, 0.717) is 5.69 Å². The Morgan fingerprint density at radius 1 is 1.00 bits per heavy atom. The average molecular weight is 288 g/mol. The molecule has 0 aromatic heterocycles. The van der Waals surface area contributed by atoms with E-state index in [1.165, 1.54) is 0 Å². The Morgan fingerprint density at radius 2 is 1.50 bits per heavy atom. The molecule has 0 aliphatic carbocycles. The van der Waals surface area contributed by atoms with Crippen LogP contribution in [0.2, 0.25) is 0 Å². The lowest BCUT2D eigenvalue weighted by Crippen LogP contribution is -2.01. The predicted octanol–water partition coefficient (Wildman–Crippen LogP) is 3.07. The second-order valence-corrected chi connectivity index (χ2v) is 4.74. The van der Waals surface area contributed by atoms with Crippen LogP contribution >= 0.6 is 0 Å². The van der Waals surface area contributed by atoms with E-state index in [9.17, 15) is 8.76 Å². The number of ether oxygens (including phenoxy) is 1. The minimum absolute atomic E-state index is 0.542. The predicted molar refractivity (Wildman–Crippen MR) is 80.9 cm³/mol. The van der Waals surface area contributed by atoms with Crippen molar-refractivity contribution in [3.8, 4) is 5.75 Å². The summed E-state index contributed by atoms with van der Waals surface area (Å²) in [6, 6.07) is 14.8. The molecule has 0 saturated carbocycles. The number of hydrogen-bond donors (Lipinski definition) is 1. The number of nitrogens with one attached hydrogen (secondary N) is 1. The van der Waals surface area contributed by atoms with Crippen LogP contribution < -0.4 is 9.46 Å². The Bertz CT molecular complexity index is 606. The highest BCUT2D eigenvalue weighted by Gasteiger charge is 1.93.